The van der Waals surface area contributed by atoms with Gasteiger partial charge < -0.3 is 21.1 Å². The molecule has 1 aliphatic heterocycles. The van der Waals surface area contributed by atoms with Crippen molar-refractivity contribution in [3.63, 3.8) is 0 Å². The van der Waals surface area contributed by atoms with Crippen LogP contribution < -0.4 is 16.0 Å². The predicted molar refractivity (Wildman–Crippen MR) is 126 cm³/mol. The summed E-state index contributed by atoms with van der Waals surface area (Å²) in [5.41, 5.74) is 1.75. The van der Waals surface area contributed by atoms with Crippen LogP contribution in [0.15, 0.2) is 42.5 Å². The van der Waals surface area contributed by atoms with Gasteiger partial charge in [-0.15, -0.1) is 0 Å². The zero-order valence-corrected chi connectivity index (χ0v) is 19.8. The first kappa shape index (κ1) is 25.8. The van der Waals surface area contributed by atoms with E-state index in [1.807, 2.05) is 18.2 Å². The van der Waals surface area contributed by atoms with Crippen LogP contribution in [0.2, 0.25) is 0 Å². The molecule has 0 aliphatic carbocycles. The molecule has 0 radical (unpaired) electrons. The summed E-state index contributed by atoms with van der Waals surface area (Å²) in [6.45, 7) is 6.09. The van der Waals surface area contributed by atoms with E-state index in [9.17, 15) is 23.5 Å². The number of nitrogens with one attached hydrogen (secondary N) is 3. The molecule has 2 aromatic carbocycles. The van der Waals surface area contributed by atoms with Gasteiger partial charge in [0.25, 0.3) is 0 Å². The van der Waals surface area contributed by atoms with Crippen LogP contribution in [0.5, 0.6) is 0 Å². The highest BCUT2D eigenvalue weighted by Gasteiger charge is 2.38. The number of aliphatic hydroxyl groups is 1. The van der Waals surface area contributed by atoms with Gasteiger partial charge >= 0.3 is 0 Å². The van der Waals surface area contributed by atoms with Crippen LogP contribution in [0.1, 0.15) is 56.2 Å². The first-order valence-electron chi connectivity index (χ1n) is 11.6. The van der Waals surface area contributed by atoms with Gasteiger partial charge in [0, 0.05) is 32.5 Å². The van der Waals surface area contributed by atoms with Crippen molar-refractivity contribution in [1.82, 2.24) is 16.0 Å². The zero-order chi connectivity index (χ0) is 24.9. The fourth-order valence-corrected chi connectivity index (χ4v) is 4.50. The van der Waals surface area contributed by atoms with Crippen LogP contribution in [-0.2, 0) is 21.5 Å². The van der Waals surface area contributed by atoms with Crippen molar-refractivity contribution in [1.29, 1.82) is 0 Å². The van der Waals surface area contributed by atoms with E-state index in [1.54, 1.807) is 0 Å². The largest absolute Gasteiger partial charge is 0.390 e. The Bertz CT molecular complexity index is 1010. The fraction of sp³-hybridized carbons (Fsp3) is 0.462. The minimum Gasteiger partial charge on any atom is -0.390 e. The van der Waals surface area contributed by atoms with E-state index >= 15 is 0 Å². The number of halogens is 2. The number of aliphatic hydroxyl groups excluding tert-OH is 1. The topological polar surface area (TPSA) is 90.5 Å². The summed E-state index contributed by atoms with van der Waals surface area (Å²) >= 11 is 0. The molecular weight excluding hydrogens is 440 g/mol. The predicted octanol–water partition coefficient (Wildman–Crippen LogP) is 2.89. The molecule has 0 saturated carbocycles. The van der Waals surface area contributed by atoms with Crippen molar-refractivity contribution in [2.45, 2.75) is 63.6 Å². The summed E-state index contributed by atoms with van der Waals surface area (Å²) in [6, 6.07) is 10.4. The second kappa shape index (κ2) is 11.1. The molecule has 0 bridgehead atoms. The molecule has 3 rings (SSSR count). The maximum absolute atomic E-state index is 13.7. The Morgan fingerprint density at radius 2 is 1.88 bits per heavy atom. The van der Waals surface area contributed by atoms with Crippen molar-refractivity contribution in [2.24, 2.45) is 0 Å². The highest BCUT2D eigenvalue weighted by atomic mass is 19.1. The Kier molecular flexibility index (Phi) is 8.38. The van der Waals surface area contributed by atoms with Crippen LogP contribution in [0, 0.1) is 11.6 Å². The Morgan fingerprint density at radius 3 is 2.50 bits per heavy atom. The summed E-state index contributed by atoms with van der Waals surface area (Å²) in [4.78, 5) is 24.1. The van der Waals surface area contributed by atoms with Gasteiger partial charge in [0.15, 0.2) is 0 Å². The number of amides is 2. The van der Waals surface area contributed by atoms with Gasteiger partial charge in [0.2, 0.25) is 11.8 Å². The van der Waals surface area contributed by atoms with Crippen molar-refractivity contribution in [3.05, 3.63) is 70.8 Å². The lowest BCUT2D eigenvalue weighted by Crippen LogP contribution is -2.56. The minimum atomic E-state index is -1.06. The van der Waals surface area contributed by atoms with Crippen molar-refractivity contribution in [2.75, 3.05) is 13.1 Å². The molecule has 1 heterocycles. The lowest BCUT2D eigenvalue weighted by atomic mass is 9.79. The molecule has 8 heteroatoms. The van der Waals surface area contributed by atoms with Gasteiger partial charge in [0.1, 0.15) is 11.6 Å². The standard InChI is InChI=1S/C26H33F2N3O3/c1-16(2)19-5-4-6-20(12-19)26(7-8-29-25(34)14-26)30-15-24(33)23(31-17(3)32)11-18-9-21(27)13-22(28)10-18/h4-6,9-10,12-13,16,23-24,30,33H,7-8,11,14-15H2,1-3H3,(H,29,34)(H,31,32)/t23-,24+,26+/m0/s1. The van der Waals surface area contributed by atoms with E-state index in [0.717, 1.165) is 17.2 Å². The van der Waals surface area contributed by atoms with E-state index in [-0.39, 0.29) is 31.2 Å². The number of benzene rings is 2. The average Bonchev–Trinajstić information content (AvgIpc) is 2.76. The SMILES string of the molecule is CC(=O)N[C@@H](Cc1cc(F)cc(F)c1)[C@H](O)CN[C@]1(c2cccc(C(C)C)c2)CCNC(=O)C1. The second-order valence-corrected chi connectivity index (χ2v) is 9.38. The lowest BCUT2D eigenvalue weighted by molar-refractivity contribution is -0.124. The van der Waals surface area contributed by atoms with Crippen LogP contribution in [0.25, 0.3) is 0 Å². The highest BCUT2D eigenvalue weighted by molar-refractivity contribution is 5.78. The molecule has 1 fully saturated rings. The molecule has 4 N–H and O–H groups in total. The maximum atomic E-state index is 13.7. The molecule has 34 heavy (non-hydrogen) atoms. The summed E-state index contributed by atoms with van der Waals surface area (Å²) in [5, 5.41) is 19.9. The third-order valence-corrected chi connectivity index (χ3v) is 6.32. The monoisotopic (exact) mass is 473 g/mol. The number of hydrogen-bond donors (Lipinski definition) is 4. The molecule has 1 saturated heterocycles. The zero-order valence-electron chi connectivity index (χ0n) is 19.8. The quantitative estimate of drug-likeness (QED) is 0.451. The second-order valence-electron chi connectivity index (χ2n) is 9.38. The van der Waals surface area contributed by atoms with Gasteiger partial charge in [-0.3, -0.25) is 9.59 Å². The molecule has 2 aromatic rings. The molecule has 184 valence electrons. The van der Waals surface area contributed by atoms with Gasteiger partial charge in [-0.05, 0) is 47.6 Å². The van der Waals surface area contributed by atoms with E-state index in [0.29, 0.717) is 24.4 Å². The van der Waals surface area contributed by atoms with Crippen molar-refractivity contribution >= 4 is 11.8 Å². The Labute approximate surface area is 199 Å². The van der Waals surface area contributed by atoms with Crippen molar-refractivity contribution < 1.29 is 23.5 Å². The maximum Gasteiger partial charge on any atom is 0.222 e. The Hall–Kier alpha value is -2.84. The number of rotatable bonds is 9. The highest BCUT2D eigenvalue weighted by Crippen LogP contribution is 2.33. The number of carbonyl (C=O) groups is 2. The molecule has 1 aliphatic rings. The van der Waals surface area contributed by atoms with Crippen LogP contribution in [-0.4, -0.2) is 42.2 Å². The van der Waals surface area contributed by atoms with E-state index < -0.39 is 29.3 Å². The van der Waals surface area contributed by atoms with E-state index in [2.05, 4.69) is 35.9 Å². The molecule has 6 nitrogen and oxygen atoms in total. The van der Waals surface area contributed by atoms with Gasteiger partial charge in [0.05, 0.1) is 17.7 Å². The summed E-state index contributed by atoms with van der Waals surface area (Å²) in [7, 11) is 0. The molecule has 0 spiro atoms. The van der Waals surface area contributed by atoms with Crippen LogP contribution in [0.4, 0.5) is 8.78 Å². The Morgan fingerprint density at radius 1 is 1.18 bits per heavy atom. The fourth-order valence-electron chi connectivity index (χ4n) is 4.50. The first-order valence-corrected chi connectivity index (χ1v) is 11.6. The smallest absolute Gasteiger partial charge is 0.222 e. The molecular formula is C26H33F2N3O3. The Balaban J connectivity index is 1.82. The van der Waals surface area contributed by atoms with Gasteiger partial charge in [-0.25, -0.2) is 8.78 Å². The summed E-state index contributed by atoms with van der Waals surface area (Å²) in [5.74, 6) is -1.58. The van der Waals surface area contributed by atoms with Crippen LogP contribution >= 0.6 is 0 Å². The van der Waals surface area contributed by atoms with E-state index in [1.165, 1.54) is 19.1 Å². The van der Waals surface area contributed by atoms with Crippen LogP contribution in [0.3, 0.4) is 0 Å². The molecule has 0 aromatic heterocycles. The summed E-state index contributed by atoms with van der Waals surface area (Å²) < 4.78 is 27.3. The molecule has 2 amide bonds. The third kappa shape index (κ3) is 6.61. The number of carbonyl (C=O) groups excluding carboxylic acids is 2. The first-order chi connectivity index (χ1) is 16.1. The lowest BCUT2D eigenvalue weighted by Gasteiger charge is -2.40. The summed E-state index contributed by atoms with van der Waals surface area (Å²) in [6.07, 6.45) is -0.174. The molecule has 0 unspecified atom stereocenters. The molecule has 3 atom stereocenters. The average molecular weight is 474 g/mol. The van der Waals surface area contributed by atoms with Crippen molar-refractivity contribution in [3.8, 4) is 0 Å². The number of piperidine rings is 1. The number of hydrogen-bond acceptors (Lipinski definition) is 4. The normalized spacial score (nSPS) is 20.0. The van der Waals surface area contributed by atoms with Gasteiger partial charge in [-0.1, -0.05) is 38.1 Å². The third-order valence-electron chi connectivity index (χ3n) is 6.32. The minimum absolute atomic E-state index is 0.0490. The van der Waals surface area contributed by atoms with Gasteiger partial charge in [-0.2, -0.15) is 0 Å². The van der Waals surface area contributed by atoms with E-state index in [4.69, 9.17) is 0 Å².